The molecule has 0 spiro atoms. The van der Waals surface area contributed by atoms with Gasteiger partial charge in [-0.2, -0.15) is 0 Å². The Morgan fingerprint density at radius 2 is 1.76 bits per heavy atom. The van der Waals surface area contributed by atoms with Gasteiger partial charge in [0, 0.05) is 39.0 Å². The fraction of sp³-hybridized carbons (Fsp3) is 0.750. The molecule has 0 aliphatic carbocycles. The summed E-state index contributed by atoms with van der Waals surface area (Å²) in [5, 5.41) is 22.3. The lowest BCUT2D eigenvalue weighted by molar-refractivity contribution is -0.146. The maximum Gasteiger partial charge on any atom is 0.332 e. The van der Waals surface area contributed by atoms with Gasteiger partial charge in [0.1, 0.15) is 0 Å². The molecule has 0 aromatic carbocycles. The van der Waals surface area contributed by atoms with Crippen molar-refractivity contribution < 1.29 is 29.3 Å². The van der Waals surface area contributed by atoms with Gasteiger partial charge >= 0.3 is 12.0 Å². The first kappa shape index (κ1) is 17.2. The minimum Gasteiger partial charge on any atom is -0.479 e. The van der Waals surface area contributed by atoms with Gasteiger partial charge in [0.25, 0.3) is 0 Å². The van der Waals surface area contributed by atoms with Gasteiger partial charge in [-0.1, -0.05) is 0 Å². The molecule has 9 heteroatoms. The number of aliphatic hydroxyl groups is 1. The number of hydrogen-bond donors (Lipinski definition) is 4. The summed E-state index contributed by atoms with van der Waals surface area (Å²) in [6.45, 7) is 2.44. The lowest BCUT2D eigenvalue weighted by atomic mass is 10.2. The van der Waals surface area contributed by atoms with Crippen LogP contribution in [0.25, 0.3) is 0 Å². The van der Waals surface area contributed by atoms with Crippen LogP contribution in [-0.4, -0.2) is 78.5 Å². The average molecular weight is 303 g/mol. The quantitative estimate of drug-likeness (QED) is 0.447. The highest BCUT2D eigenvalue weighted by atomic mass is 16.5. The van der Waals surface area contributed by atoms with Crippen LogP contribution in [0, 0.1) is 0 Å². The Hall–Kier alpha value is -1.87. The van der Waals surface area contributed by atoms with Gasteiger partial charge in [0.2, 0.25) is 5.91 Å². The average Bonchev–Trinajstić information content (AvgIpc) is 2.47. The van der Waals surface area contributed by atoms with Crippen molar-refractivity contribution in [1.82, 2.24) is 15.5 Å². The Labute approximate surface area is 122 Å². The summed E-state index contributed by atoms with van der Waals surface area (Å²) in [4.78, 5) is 35.1. The molecule has 0 radical (unpaired) electrons. The van der Waals surface area contributed by atoms with E-state index < -0.39 is 18.1 Å². The van der Waals surface area contributed by atoms with E-state index in [1.807, 2.05) is 0 Å². The maximum absolute atomic E-state index is 11.8. The molecule has 4 N–H and O–H groups in total. The number of carbonyl (C=O) groups is 3. The molecule has 1 unspecified atom stereocenters. The fourth-order valence-corrected chi connectivity index (χ4v) is 1.76. The van der Waals surface area contributed by atoms with E-state index in [1.165, 1.54) is 0 Å². The van der Waals surface area contributed by atoms with Crippen LogP contribution < -0.4 is 10.6 Å². The molecule has 3 amide bonds. The number of ether oxygens (including phenoxy) is 1. The van der Waals surface area contributed by atoms with Crippen molar-refractivity contribution in [2.24, 2.45) is 0 Å². The van der Waals surface area contributed by atoms with Crippen LogP contribution in [0.15, 0.2) is 0 Å². The first-order valence-electron chi connectivity index (χ1n) is 6.79. The third-order valence-electron chi connectivity index (χ3n) is 2.98. The van der Waals surface area contributed by atoms with Crippen LogP contribution in [0.1, 0.15) is 12.8 Å². The molecular weight excluding hydrogens is 282 g/mol. The molecule has 1 aliphatic heterocycles. The normalized spacial score (nSPS) is 16.1. The highest BCUT2D eigenvalue weighted by Crippen LogP contribution is 1.99. The first-order chi connectivity index (χ1) is 10.0. The Morgan fingerprint density at radius 1 is 1.14 bits per heavy atom. The van der Waals surface area contributed by atoms with E-state index in [4.69, 9.17) is 14.9 Å². The van der Waals surface area contributed by atoms with Gasteiger partial charge in [-0.3, -0.25) is 4.79 Å². The lowest BCUT2D eigenvalue weighted by Crippen LogP contribution is -2.43. The summed E-state index contributed by atoms with van der Waals surface area (Å²) in [7, 11) is 0. The number of hydrogen-bond acceptors (Lipinski definition) is 5. The van der Waals surface area contributed by atoms with E-state index in [9.17, 15) is 14.4 Å². The topological polar surface area (TPSA) is 128 Å². The number of nitrogens with zero attached hydrogens (tertiary/aromatic N) is 1. The van der Waals surface area contributed by atoms with Crippen molar-refractivity contribution >= 4 is 17.9 Å². The highest BCUT2D eigenvalue weighted by Gasteiger charge is 2.16. The van der Waals surface area contributed by atoms with Gasteiger partial charge in [0.05, 0.1) is 13.2 Å². The Bertz CT molecular complexity index is 370. The molecule has 0 saturated carbocycles. The van der Waals surface area contributed by atoms with Gasteiger partial charge in [-0.15, -0.1) is 0 Å². The van der Waals surface area contributed by atoms with Crippen LogP contribution in [0.4, 0.5) is 4.79 Å². The molecule has 21 heavy (non-hydrogen) atoms. The van der Waals surface area contributed by atoms with Crippen molar-refractivity contribution in [2.45, 2.75) is 18.9 Å². The van der Waals surface area contributed by atoms with E-state index in [0.29, 0.717) is 26.3 Å². The number of amides is 3. The zero-order valence-electron chi connectivity index (χ0n) is 11.7. The molecule has 0 bridgehead atoms. The van der Waals surface area contributed by atoms with Gasteiger partial charge in [-0.25, -0.2) is 9.59 Å². The van der Waals surface area contributed by atoms with Crippen LogP contribution in [-0.2, 0) is 14.3 Å². The second kappa shape index (κ2) is 9.14. The lowest BCUT2D eigenvalue weighted by Gasteiger charge is -2.26. The van der Waals surface area contributed by atoms with Crippen LogP contribution in [0.3, 0.4) is 0 Å². The smallest absolute Gasteiger partial charge is 0.332 e. The van der Waals surface area contributed by atoms with Gasteiger partial charge < -0.3 is 30.5 Å². The number of carboxylic acids is 1. The predicted octanol–water partition coefficient (Wildman–Crippen LogP) is -1.63. The Balaban J connectivity index is 2.07. The highest BCUT2D eigenvalue weighted by molar-refractivity contribution is 5.78. The largest absolute Gasteiger partial charge is 0.479 e. The molecule has 120 valence electrons. The number of carboxylic acid groups (broad SMARTS) is 1. The number of morpholine rings is 1. The van der Waals surface area contributed by atoms with Crippen LogP contribution >= 0.6 is 0 Å². The van der Waals surface area contributed by atoms with E-state index in [2.05, 4.69) is 10.6 Å². The second-order valence-electron chi connectivity index (χ2n) is 4.57. The molecule has 0 aromatic heterocycles. The molecule has 1 rings (SSSR count). The number of nitrogens with one attached hydrogen (secondary N) is 2. The van der Waals surface area contributed by atoms with Crippen LogP contribution in [0.2, 0.25) is 0 Å². The number of aliphatic carboxylic acids is 1. The predicted molar refractivity (Wildman–Crippen MR) is 71.7 cm³/mol. The summed E-state index contributed by atoms with van der Waals surface area (Å²) >= 11 is 0. The third kappa shape index (κ3) is 6.91. The maximum atomic E-state index is 11.8. The third-order valence-corrected chi connectivity index (χ3v) is 2.98. The minimum atomic E-state index is -1.49. The summed E-state index contributed by atoms with van der Waals surface area (Å²) in [5.41, 5.74) is 0. The molecule has 1 aliphatic rings. The molecule has 1 saturated heterocycles. The molecule has 0 aromatic rings. The zero-order valence-corrected chi connectivity index (χ0v) is 11.7. The molecule has 1 heterocycles. The zero-order chi connectivity index (χ0) is 15.7. The number of carbonyl (C=O) groups excluding carboxylic acids is 2. The second-order valence-corrected chi connectivity index (χ2v) is 4.57. The summed E-state index contributed by atoms with van der Waals surface area (Å²) in [6, 6.07) is -0.498. The van der Waals surface area contributed by atoms with Crippen LogP contribution in [0.5, 0.6) is 0 Å². The number of urea groups is 1. The molecular formula is C12H21N3O6. The number of rotatable bonds is 7. The minimum absolute atomic E-state index is 0.0384. The van der Waals surface area contributed by atoms with Crippen molar-refractivity contribution in [3.63, 3.8) is 0 Å². The van der Waals surface area contributed by atoms with Crippen molar-refractivity contribution in [3.05, 3.63) is 0 Å². The van der Waals surface area contributed by atoms with Gasteiger partial charge in [-0.05, 0) is 0 Å². The monoisotopic (exact) mass is 303 g/mol. The number of aliphatic hydroxyl groups excluding tert-OH is 1. The Morgan fingerprint density at radius 3 is 2.38 bits per heavy atom. The standard InChI is InChI=1S/C12H21N3O6/c16-9(11(18)19)1-3-13-12(20)14-4-2-10(17)15-5-7-21-8-6-15/h9,16H,1-8H2,(H,18,19)(H2,13,14,20). The van der Waals surface area contributed by atoms with E-state index in [1.54, 1.807) is 4.90 Å². The Kier molecular flexibility index (Phi) is 7.48. The van der Waals surface area contributed by atoms with E-state index >= 15 is 0 Å². The fourth-order valence-electron chi connectivity index (χ4n) is 1.76. The molecule has 1 fully saturated rings. The molecule has 9 nitrogen and oxygen atoms in total. The van der Waals surface area contributed by atoms with E-state index in [-0.39, 0.29) is 31.8 Å². The summed E-state index contributed by atoms with van der Waals surface area (Å²) in [5.74, 6) is -1.37. The van der Waals surface area contributed by atoms with Crippen molar-refractivity contribution in [1.29, 1.82) is 0 Å². The van der Waals surface area contributed by atoms with Gasteiger partial charge in [0.15, 0.2) is 6.10 Å². The summed E-state index contributed by atoms with van der Waals surface area (Å²) < 4.78 is 5.14. The first-order valence-corrected chi connectivity index (χ1v) is 6.79. The molecule has 1 atom stereocenters. The summed E-state index contributed by atoms with van der Waals surface area (Å²) in [6.07, 6.45) is -1.37. The van der Waals surface area contributed by atoms with Crippen molar-refractivity contribution in [3.8, 4) is 0 Å². The van der Waals surface area contributed by atoms with Crippen molar-refractivity contribution in [2.75, 3.05) is 39.4 Å². The van der Waals surface area contributed by atoms with E-state index in [0.717, 1.165) is 0 Å². The SMILES string of the molecule is O=C(NCCC(=O)N1CCOCC1)NCCC(O)C(=O)O.